The van der Waals surface area contributed by atoms with Gasteiger partial charge in [0.1, 0.15) is 5.82 Å². The van der Waals surface area contributed by atoms with Crippen LogP contribution in [0.15, 0.2) is 24.3 Å². The standard InChI is InChI=1S/C16H23N5/c1-3-16(4-2)9-10-21(11-16)14-12-7-5-6-8-13(12)18-15(19-14)20-17/h5-8H,3-4,9-11,17H2,1-2H3,(H,18,19,20). The molecule has 0 amide bonds. The van der Waals surface area contributed by atoms with Crippen LogP contribution in [0.2, 0.25) is 0 Å². The number of nitrogens with zero attached hydrogens (tertiary/aromatic N) is 3. The SMILES string of the molecule is CCC1(CC)CCN(c2nc(NN)nc3ccccc23)C1. The topological polar surface area (TPSA) is 67.1 Å². The number of anilines is 2. The fourth-order valence-corrected chi connectivity index (χ4v) is 3.31. The summed E-state index contributed by atoms with van der Waals surface area (Å²) in [6.07, 6.45) is 3.65. The Kier molecular flexibility index (Phi) is 3.68. The van der Waals surface area contributed by atoms with Gasteiger partial charge in [-0.2, -0.15) is 4.98 Å². The van der Waals surface area contributed by atoms with Crippen molar-refractivity contribution >= 4 is 22.7 Å². The third-order valence-corrected chi connectivity index (χ3v) is 4.95. The highest BCUT2D eigenvalue weighted by molar-refractivity contribution is 5.90. The fraction of sp³-hybridized carbons (Fsp3) is 0.500. The molecule has 0 bridgehead atoms. The number of nitrogens with one attached hydrogen (secondary N) is 1. The van der Waals surface area contributed by atoms with Gasteiger partial charge in [-0.1, -0.05) is 26.0 Å². The summed E-state index contributed by atoms with van der Waals surface area (Å²) in [4.78, 5) is 11.4. The Bertz CT molecular complexity index is 636. The summed E-state index contributed by atoms with van der Waals surface area (Å²) in [6, 6.07) is 8.12. The van der Waals surface area contributed by atoms with E-state index in [0.29, 0.717) is 11.4 Å². The monoisotopic (exact) mass is 285 g/mol. The van der Waals surface area contributed by atoms with E-state index in [1.165, 1.54) is 19.3 Å². The lowest BCUT2D eigenvalue weighted by Crippen LogP contribution is -2.27. The highest BCUT2D eigenvalue weighted by atomic mass is 15.3. The molecule has 0 saturated carbocycles. The van der Waals surface area contributed by atoms with Crippen LogP contribution in [0.5, 0.6) is 0 Å². The smallest absolute Gasteiger partial charge is 0.239 e. The molecular formula is C16H23N5. The summed E-state index contributed by atoms with van der Waals surface area (Å²) in [6.45, 7) is 6.69. The Morgan fingerprint density at radius 3 is 2.67 bits per heavy atom. The predicted octanol–water partition coefficient (Wildman–Crippen LogP) is 2.93. The van der Waals surface area contributed by atoms with Gasteiger partial charge >= 0.3 is 0 Å². The van der Waals surface area contributed by atoms with Crippen LogP contribution in [0, 0.1) is 5.41 Å². The van der Waals surface area contributed by atoms with Crippen molar-refractivity contribution in [3.63, 3.8) is 0 Å². The summed E-state index contributed by atoms with van der Waals surface area (Å²) in [5.41, 5.74) is 3.93. The van der Waals surface area contributed by atoms with E-state index in [0.717, 1.165) is 29.8 Å². The number of aromatic nitrogens is 2. The first-order valence-electron chi connectivity index (χ1n) is 7.69. The minimum Gasteiger partial charge on any atom is -0.355 e. The molecule has 0 spiro atoms. The quantitative estimate of drug-likeness (QED) is 0.668. The number of para-hydroxylation sites is 1. The molecule has 21 heavy (non-hydrogen) atoms. The van der Waals surface area contributed by atoms with Crippen LogP contribution in [0.1, 0.15) is 33.1 Å². The van der Waals surface area contributed by atoms with E-state index in [4.69, 9.17) is 5.84 Å². The first-order chi connectivity index (χ1) is 10.2. The Morgan fingerprint density at radius 1 is 1.24 bits per heavy atom. The Balaban J connectivity index is 2.04. The summed E-state index contributed by atoms with van der Waals surface area (Å²) in [7, 11) is 0. The molecule has 0 radical (unpaired) electrons. The van der Waals surface area contributed by atoms with Crippen LogP contribution in [0.4, 0.5) is 11.8 Å². The van der Waals surface area contributed by atoms with Crippen LogP contribution in [-0.4, -0.2) is 23.1 Å². The number of hydrazine groups is 1. The maximum atomic E-state index is 5.52. The number of nitrogen functional groups attached to an aromatic ring is 1. The predicted molar refractivity (Wildman–Crippen MR) is 87.2 cm³/mol. The van der Waals surface area contributed by atoms with Crippen LogP contribution >= 0.6 is 0 Å². The second kappa shape index (κ2) is 5.48. The number of benzene rings is 1. The van der Waals surface area contributed by atoms with Crippen LogP contribution in [0.3, 0.4) is 0 Å². The third-order valence-electron chi connectivity index (χ3n) is 4.95. The lowest BCUT2D eigenvalue weighted by atomic mass is 9.82. The molecule has 0 unspecified atom stereocenters. The van der Waals surface area contributed by atoms with Crippen LogP contribution in [-0.2, 0) is 0 Å². The van der Waals surface area contributed by atoms with Gasteiger partial charge in [-0.15, -0.1) is 0 Å². The van der Waals surface area contributed by atoms with E-state index >= 15 is 0 Å². The van der Waals surface area contributed by atoms with Gasteiger partial charge in [0.15, 0.2) is 0 Å². The molecule has 3 N–H and O–H groups in total. The summed E-state index contributed by atoms with van der Waals surface area (Å²) < 4.78 is 0. The summed E-state index contributed by atoms with van der Waals surface area (Å²) in [5.74, 6) is 7.00. The van der Waals surface area contributed by atoms with Gasteiger partial charge in [0.2, 0.25) is 5.95 Å². The van der Waals surface area contributed by atoms with Gasteiger partial charge in [-0.3, -0.25) is 5.43 Å². The van der Waals surface area contributed by atoms with Gasteiger partial charge in [-0.05, 0) is 36.8 Å². The normalized spacial score (nSPS) is 17.4. The highest BCUT2D eigenvalue weighted by Crippen LogP contribution is 2.40. The molecule has 1 fully saturated rings. The number of rotatable bonds is 4. The molecule has 1 aliphatic rings. The van der Waals surface area contributed by atoms with Gasteiger partial charge < -0.3 is 4.90 Å². The molecule has 1 saturated heterocycles. The van der Waals surface area contributed by atoms with Gasteiger partial charge in [0.25, 0.3) is 0 Å². The van der Waals surface area contributed by atoms with E-state index in [9.17, 15) is 0 Å². The van der Waals surface area contributed by atoms with Crippen LogP contribution < -0.4 is 16.2 Å². The van der Waals surface area contributed by atoms with Crippen molar-refractivity contribution in [1.82, 2.24) is 9.97 Å². The molecule has 0 atom stereocenters. The van der Waals surface area contributed by atoms with E-state index in [1.54, 1.807) is 0 Å². The molecule has 3 rings (SSSR count). The molecule has 1 aromatic heterocycles. The van der Waals surface area contributed by atoms with Gasteiger partial charge in [-0.25, -0.2) is 10.8 Å². The highest BCUT2D eigenvalue weighted by Gasteiger charge is 2.36. The number of fused-ring (bicyclic) bond motifs is 1. The minimum absolute atomic E-state index is 0.419. The molecule has 2 heterocycles. The molecule has 112 valence electrons. The third kappa shape index (κ3) is 2.42. The number of nitrogens with two attached hydrogens (primary N) is 1. The fourth-order valence-electron chi connectivity index (χ4n) is 3.31. The number of hydrogen-bond acceptors (Lipinski definition) is 5. The van der Waals surface area contributed by atoms with Crippen molar-refractivity contribution in [1.29, 1.82) is 0 Å². The molecule has 2 aromatic rings. The van der Waals surface area contributed by atoms with Crippen molar-refractivity contribution in [2.75, 3.05) is 23.4 Å². The largest absolute Gasteiger partial charge is 0.355 e. The molecular weight excluding hydrogens is 262 g/mol. The average Bonchev–Trinajstić information content (AvgIpc) is 2.99. The number of hydrogen-bond donors (Lipinski definition) is 2. The van der Waals surface area contributed by atoms with Crippen molar-refractivity contribution in [3.8, 4) is 0 Å². The maximum Gasteiger partial charge on any atom is 0.239 e. The molecule has 5 nitrogen and oxygen atoms in total. The van der Waals surface area contributed by atoms with Gasteiger partial charge in [0, 0.05) is 18.5 Å². The van der Waals surface area contributed by atoms with E-state index in [2.05, 4.69) is 40.2 Å². The van der Waals surface area contributed by atoms with Crippen LogP contribution in [0.25, 0.3) is 10.9 Å². The summed E-state index contributed by atoms with van der Waals surface area (Å²) in [5, 5.41) is 1.10. The van der Waals surface area contributed by atoms with Crippen molar-refractivity contribution in [2.45, 2.75) is 33.1 Å². The second-order valence-electron chi connectivity index (χ2n) is 5.91. The zero-order chi connectivity index (χ0) is 14.9. The Morgan fingerprint density at radius 2 is 2.00 bits per heavy atom. The second-order valence-corrected chi connectivity index (χ2v) is 5.91. The molecule has 1 aliphatic heterocycles. The summed E-state index contributed by atoms with van der Waals surface area (Å²) >= 11 is 0. The van der Waals surface area contributed by atoms with E-state index in [1.807, 2.05) is 18.2 Å². The Labute approximate surface area is 125 Å². The maximum absolute atomic E-state index is 5.52. The van der Waals surface area contributed by atoms with Crippen molar-refractivity contribution in [3.05, 3.63) is 24.3 Å². The van der Waals surface area contributed by atoms with E-state index in [-0.39, 0.29) is 0 Å². The molecule has 1 aromatic carbocycles. The lowest BCUT2D eigenvalue weighted by molar-refractivity contribution is 0.301. The zero-order valence-electron chi connectivity index (χ0n) is 12.8. The van der Waals surface area contributed by atoms with Crippen molar-refractivity contribution < 1.29 is 0 Å². The van der Waals surface area contributed by atoms with Gasteiger partial charge in [0.05, 0.1) is 5.52 Å². The minimum atomic E-state index is 0.419. The average molecular weight is 285 g/mol. The lowest BCUT2D eigenvalue weighted by Gasteiger charge is -2.27. The van der Waals surface area contributed by atoms with E-state index < -0.39 is 0 Å². The zero-order valence-corrected chi connectivity index (χ0v) is 12.8. The van der Waals surface area contributed by atoms with Crippen molar-refractivity contribution in [2.24, 2.45) is 11.3 Å². The first-order valence-corrected chi connectivity index (χ1v) is 7.69. The molecule has 0 aliphatic carbocycles. The molecule has 5 heteroatoms. The first kappa shape index (κ1) is 14.1. The Hall–Kier alpha value is -1.88.